The number of rotatable bonds is 13. The summed E-state index contributed by atoms with van der Waals surface area (Å²) in [5, 5.41) is 13.8. The fourth-order valence-corrected chi connectivity index (χ4v) is 13.0. The number of aromatic nitrogens is 6. The number of halogens is 2. The number of nitrogens with one attached hydrogen (secondary N) is 3. The van der Waals surface area contributed by atoms with Crippen molar-refractivity contribution in [1.82, 2.24) is 49.7 Å². The van der Waals surface area contributed by atoms with Crippen LogP contribution in [-0.2, 0) is 21.2 Å². The molecule has 3 aromatic carbocycles. The highest BCUT2D eigenvalue weighted by Gasteiger charge is 2.45. The van der Waals surface area contributed by atoms with E-state index in [1.165, 1.54) is 13.3 Å². The van der Waals surface area contributed by atoms with Gasteiger partial charge in [-0.05, 0) is 81.3 Å². The molecule has 75 heavy (non-hydrogen) atoms. The number of hydrogen-bond donors (Lipinski definition) is 3. The minimum absolute atomic E-state index is 0.000129. The van der Waals surface area contributed by atoms with E-state index in [0.29, 0.717) is 69.6 Å². The Kier molecular flexibility index (Phi) is 13.5. The lowest BCUT2D eigenvalue weighted by molar-refractivity contribution is -0.136. The zero-order chi connectivity index (χ0) is 52.3. The van der Waals surface area contributed by atoms with E-state index in [4.69, 9.17) is 16.3 Å². The SMILES string of the molecule is COc1c(Nc2ncc(Cl)c(Nc3ccc4nccnc4c3P(C)(C)=O)n2)cc(-c2cnn(C)c2)c(N2CCC(N3CCN(CC4CCN(c5ccc6c(c5)C(=O)N(C5CCC(=O)NC5=O)C6=O)C4)CC3)CC2)c1F. The molecule has 390 valence electrons. The van der Waals surface area contributed by atoms with Crippen molar-refractivity contribution in [1.29, 1.82) is 0 Å². The topological polar surface area (TPSA) is 216 Å². The van der Waals surface area contributed by atoms with Crippen molar-refractivity contribution in [3.63, 3.8) is 0 Å². The van der Waals surface area contributed by atoms with E-state index in [1.54, 1.807) is 60.9 Å². The second kappa shape index (κ2) is 20.2. The van der Waals surface area contributed by atoms with Crippen LogP contribution in [0.1, 0.15) is 52.8 Å². The Labute approximate surface area is 437 Å². The highest BCUT2D eigenvalue weighted by Crippen LogP contribution is 2.45. The number of anilines is 6. The van der Waals surface area contributed by atoms with Gasteiger partial charge < -0.3 is 34.6 Å². The molecule has 0 radical (unpaired) electrons. The third kappa shape index (κ3) is 9.78. The molecule has 11 rings (SSSR count). The molecule has 2 unspecified atom stereocenters. The van der Waals surface area contributed by atoms with E-state index in [2.05, 4.69) is 60.6 Å². The first-order chi connectivity index (χ1) is 36.1. The third-order valence-corrected chi connectivity index (χ3v) is 16.9. The molecule has 4 saturated heterocycles. The summed E-state index contributed by atoms with van der Waals surface area (Å²) in [4.78, 5) is 79.5. The van der Waals surface area contributed by atoms with Crippen molar-refractivity contribution in [3.8, 4) is 16.9 Å². The first-order valence-electron chi connectivity index (χ1n) is 25.2. The predicted molar refractivity (Wildman–Crippen MR) is 284 cm³/mol. The summed E-state index contributed by atoms with van der Waals surface area (Å²) in [7, 11) is 0.365. The van der Waals surface area contributed by atoms with Gasteiger partial charge in [0, 0.05) is 114 Å². The van der Waals surface area contributed by atoms with Crippen LogP contribution in [0, 0.1) is 11.7 Å². The minimum atomic E-state index is -2.89. The van der Waals surface area contributed by atoms with Crippen molar-refractivity contribution in [2.24, 2.45) is 13.0 Å². The molecule has 20 nitrogen and oxygen atoms in total. The van der Waals surface area contributed by atoms with E-state index < -0.39 is 42.6 Å². The number of methoxy groups -OCH3 is 1. The number of carbonyl (C=O) groups excluding carboxylic acids is 4. The molecule has 3 N–H and O–H groups in total. The summed E-state index contributed by atoms with van der Waals surface area (Å²) < 4.78 is 38.3. The average Bonchev–Trinajstić information content (AvgIpc) is 4.14. The average molecular weight is 1060 g/mol. The second-order valence-electron chi connectivity index (χ2n) is 20.3. The standard InChI is InChI=1S/C52H57ClFN14O6P/c1-63-29-31(25-58-63)35-24-40(60-52-57-26-37(53)48(62-52)59-39-8-7-38-44(56-15-14-55-38)47(39)75(3,4)73)46(74-2)43(54)45(35)66-17-12-32(13-18-66)65-21-19-64(20-22-65)27-30-11-16-67(28-30)33-5-6-34-36(23-33)51(72)68(50(34)71)41-9-10-42(69)61-49(41)70/h5-8,14-15,23-26,29-30,32,41H,9-13,16-22,27-28H2,1-4H3,(H,61,69,70)(H2,57,59,60,62). The molecule has 0 saturated carbocycles. The zero-order valence-electron chi connectivity index (χ0n) is 42.1. The number of ether oxygens (including phenoxy) is 1. The van der Waals surface area contributed by atoms with Crippen LogP contribution in [-0.4, -0.2) is 159 Å². The number of aryl methyl sites for hydroxylation is 1. The van der Waals surface area contributed by atoms with Crippen LogP contribution in [0.4, 0.5) is 38.9 Å². The second-order valence-corrected chi connectivity index (χ2v) is 23.8. The van der Waals surface area contributed by atoms with Crippen LogP contribution in [0.25, 0.3) is 22.2 Å². The van der Waals surface area contributed by atoms with Gasteiger partial charge in [-0.1, -0.05) is 11.6 Å². The van der Waals surface area contributed by atoms with E-state index in [9.17, 15) is 23.7 Å². The molecule has 5 aliphatic rings. The number of carbonyl (C=O) groups is 4. The fourth-order valence-electron chi connectivity index (χ4n) is 11.4. The highest BCUT2D eigenvalue weighted by atomic mass is 35.5. The molecule has 23 heteroatoms. The molecule has 3 aromatic heterocycles. The lowest BCUT2D eigenvalue weighted by atomic mass is 9.98. The van der Waals surface area contributed by atoms with Crippen LogP contribution < -0.4 is 35.8 Å². The molecular formula is C52H57ClFN14O6P. The van der Waals surface area contributed by atoms with E-state index in [-0.39, 0.29) is 40.9 Å². The molecule has 0 aliphatic carbocycles. The highest BCUT2D eigenvalue weighted by molar-refractivity contribution is 7.71. The van der Waals surface area contributed by atoms with E-state index in [1.807, 2.05) is 25.4 Å². The molecule has 4 amide bonds. The summed E-state index contributed by atoms with van der Waals surface area (Å²) in [6.45, 7) is 11.0. The van der Waals surface area contributed by atoms with Gasteiger partial charge >= 0.3 is 0 Å². The maximum atomic E-state index is 17.2. The third-order valence-electron chi connectivity index (χ3n) is 15.1. The molecule has 5 aliphatic heterocycles. The number of imide groups is 2. The van der Waals surface area contributed by atoms with E-state index in [0.717, 1.165) is 81.2 Å². The van der Waals surface area contributed by atoms with Crippen LogP contribution in [0.2, 0.25) is 5.02 Å². The van der Waals surface area contributed by atoms with Crippen molar-refractivity contribution in [3.05, 3.63) is 89.3 Å². The van der Waals surface area contributed by atoms with Crippen LogP contribution >= 0.6 is 18.7 Å². The van der Waals surface area contributed by atoms with Gasteiger partial charge in [0.25, 0.3) is 11.8 Å². The number of fused-ring (bicyclic) bond motifs is 2. The quantitative estimate of drug-likeness (QED) is 0.0911. The monoisotopic (exact) mass is 1060 g/mol. The van der Waals surface area contributed by atoms with Gasteiger partial charge in [-0.25, -0.2) is 9.37 Å². The van der Waals surface area contributed by atoms with Crippen LogP contribution in [0.5, 0.6) is 5.75 Å². The molecule has 4 fully saturated rings. The van der Waals surface area contributed by atoms with Gasteiger partial charge in [0.1, 0.15) is 23.7 Å². The van der Waals surface area contributed by atoms with Gasteiger partial charge in [-0.3, -0.25) is 48.9 Å². The first-order valence-corrected chi connectivity index (χ1v) is 28.2. The van der Waals surface area contributed by atoms with Gasteiger partial charge in [0.05, 0.1) is 58.5 Å². The molecular weight excluding hydrogens is 1000 g/mol. The number of benzene rings is 3. The Morgan fingerprint density at radius 1 is 0.840 bits per heavy atom. The first kappa shape index (κ1) is 50.1. The molecule has 0 bridgehead atoms. The lowest BCUT2D eigenvalue weighted by Crippen LogP contribution is -2.54. The van der Waals surface area contributed by atoms with Crippen LogP contribution in [0.3, 0.4) is 0 Å². The Morgan fingerprint density at radius 3 is 2.33 bits per heavy atom. The van der Waals surface area contributed by atoms with Crippen molar-refractivity contribution in [2.75, 3.05) is 99.8 Å². The van der Waals surface area contributed by atoms with Crippen molar-refractivity contribution >= 4 is 93.2 Å². The molecule has 2 atom stereocenters. The predicted octanol–water partition coefficient (Wildman–Crippen LogP) is 5.87. The Hall–Kier alpha value is -7.06. The van der Waals surface area contributed by atoms with Crippen molar-refractivity contribution < 1.29 is 32.9 Å². The largest absolute Gasteiger partial charge is 0.492 e. The van der Waals surface area contributed by atoms with Crippen molar-refractivity contribution in [2.45, 2.75) is 44.2 Å². The number of nitrogens with zero attached hydrogens (tertiary/aromatic N) is 11. The maximum absolute atomic E-state index is 17.2. The molecule has 8 heterocycles. The minimum Gasteiger partial charge on any atom is -0.492 e. The zero-order valence-corrected chi connectivity index (χ0v) is 43.7. The van der Waals surface area contributed by atoms with Gasteiger partial charge in [-0.2, -0.15) is 10.1 Å². The number of piperazine rings is 1. The van der Waals surface area contributed by atoms with E-state index >= 15 is 4.39 Å². The van der Waals surface area contributed by atoms with Gasteiger partial charge in [0.2, 0.25) is 17.8 Å². The summed E-state index contributed by atoms with van der Waals surface area (Å²) in [6, 6.07) is 10.1. The normalized spacial score (nSPS) is 20.1. The number of hydrogen-bond acceptors (Lipinski definition) is 17. The summed E-state index contributed by atoms with van der Waals surface area (Å²) >= 11 is 6.65. The Morgan fingerprint density at radius 2 is 1.60 bits per heavy atom. The number of amides is 4. The molecule has 6 aromatic rings. The Balaban J connectivity index is 0.727. The molecule has 0 spiro atoms. The summed E-state index contributed by atoms with van der Waals surface area (Å²) in [6.07, 6.45) is 11.1. The van der Waals surface area contributed by atoms with Crippen LogP contribution in [0.15, 0.2) is 67.4 Å². The lowest BCUT2D eigenvalue weighted by Gasteiger charge is -2.44. The Bertz CT molecular complexity index is 3320. The fraction of sp³-hybridized carbons (Fsp3) is 0.404. The maximum Gasteiger partial charge on any atom is 0.262 e. The van der Waals surface area contributed by atoms with Gasteiger partial charge in [0.15, 0.2) is 17.4 Å². The van der Waals surface area contributed by atoms with Gasteiger partial charge in [-0.15, -0.1) is 0 Å². The smallest absolute Gasteiger partial charge is 0.262 e. The number of piperidine rings is 2. The summed E-state index contributed by atoms with van der Waals surface area (Å²) in [5.74, 6) is -1.76. The summed E-state index contributed by atoms with van der Waals surface area (Å²) in [5.41, 5.74) is 5.18.